The molecule has 4 nitrogen and oxygen atoms in total. The summed E-state index contributed by atoms with van der Waals surface area (Å²) in [6.07, 6.45) is 0.503. The van der Waals surface area contributed by atoms with Gasteiger partial charge in [-0.05, 0) is 38.5 Å². The molecule has 0 bridgehead atoms. The molecule has 106 valence electrons. The van der Waals surface area contributed by atoms with Gasteiger partial charge in [-0.25, -0.2) is 0 Å². The van der Waals surface area contributed by atoms with Crippen LogP contribution in [-0.4, -0.2) is 31.6 Å². The van der Waals surface area contributed by atoms with Gasteiger partial charge in [0.15, 0.2) is 0 Å². The van der Waals surface area contributed by atoms with Crippen LogP contribution < -0.4 is 15.4 Å². The fourth-order valence-corrected chi connectivity index (χ4v) is 1.67. The largest absolute Gasteiger partial charge is 0.492 e. The first-order valence-electron chi connectivity index (χ1n) is 6.77. The minimum atomic E-state index is 0.0853. The average Bonchev–Trinajstić information content (AvgIpc) is 2.32. The minimum absolute atomic E-state index is 0.0853. The molecule has 0 radical (unpaired) electrons. The van der Waals surface area contributed by atoms with E-state index in [1.54, 1.807) is 0 Å². The van der Waals surface area contributed by atoms with Gasteiger partial charge in [0.05, 0.1) is 0 Å². The molecular weight excluding hydrogens is 240 g/mol. The van der Waals surface area contributed by atoms with E-state index in [4.69, 9.17) is 4.74 Å². The molecule has 1 aromatic carbocycles. The van der Waals surface area contributed by atoms with Gasteiger partial charge in [0.1, 0.15) is 12.4 Å². The Bertz CT molecular complexity index is 391. The number of hydrogen-bond acceptors (Lipinski definition) is 3. The van der Waals surface area contributed by atoms with Crippen molar-refractivity contribution in [2.75, 3.05) is 19.7 Å². The van der Waals surface area contributed by atoms with Crippen LogP contribution in [0.5, 0.6) is 5.75 Å². The van der Waals surface area contributed by atoms with Gasteiger partial charge in [-0.2, -0.15) is 0 Å². The molecule has 1 aromatic rings. The Morgan fingerprint density at radius 2 is 2.11 bits per heavy atom. The quantitative estimate of drug-likeness (QED) is 0.705. The second-order valence-corrected chi connectivity index (χ2v) is 4.89. The molecule has 0 aliphatic rings. The number of carbonyl (C=O) groups excluding carboxylic acids is 1. The van der Waals surface area contributed by atoms with Gasteiger partial charge in [0, 0.05) is 25.6 Å². The third kappa shape index (κ3) is 7.47. The van der Waals surface area contributed by atoms with Crippen LogP contribution in [0.15, 0.2) is 24.3 Å². The molecule has 0 unspecified atom stereocenters. The van der Waals surface area contributed by atoms with Gasteiger partial charge in [-0.1, -0.05) is 12.1 Å². The Labute approximate surface area is 115 Å². The summed E-state index contributed by atoms with van der Waals surface area (Å²) in [5.74, 6) is 0.974. The van der Waals surface area contributed by atoms with Crippen LogP contribution in [-0.2, 0) is 4.79 Å². The second-order valence-electron chi connectivity index (χ2n) is 4.89. The van der Waals surface area contributed by atoms with Gasteiger partial charge in [-0.3, -0.25) is 4.79 Å². The van der Waals surface area contributed by atoms with Crippen molar-refractivity contribution in [2.45, 2.75) is 33.2 Å². The fraction of sp³-hybridized carbons (Fsp3) is 0.533. The number of rotatable bonds is 8. The van der Waals surface area contributed by atoms with Gasteiger partial charge in [0.2, 0.25) is 5.91 Å². The molecule has 0 atom stereocenters. The van der Waals surface area contributed by atoms with Crippen LogP contribution in [0.1, 0.15) is 25.8 Å². The Kier molecular flexibility index (Phi) is 6.97. The van der Waals surface area contributed by atoms with E-state index in [0.29, 0.717) is 19.6 Å². The third-order valence-electron chi connectivity index (χ3n) is 2.52. The Morgan fingerprint density at radius 1 is 1.32 bits per heavy atom. The topological polar surface area (TPSA) is 50.4 Å². The third-order valence-corrected chi connectivity index (χ3v) is 2.52. The fourth-order valence-electron chi connectivity index (χ4n) is 1.67. The highest BCUT2D eigenvalue weighted by atomic mass is 16.5. The summed E-state index contributed by atoms with van der Waals surface area (Å²) in [7, 11) is 0. The predicted molar refractivity (Wildman–Crippen MR) is 77.4 cm³/mol. The zero-order valence-electron chi connectivity index (χ0n) is 12.0. The lowest BCUT2D eigenvalue weighted by molar-refractivity contribution is -0.121. The van der Waals surface area contributed by atoms with Crippen molar-refractivity contribution >= 4 is 5.91 Å². The molecule has 19 heavy (non-hydrogen) atoms. The smallest absolute Gasteiger partial charge is 0.221 e. The normalized spacial score (nSPS) is 10.5. The van der Waals surface area contributed by atoms with E-state index in [-0.39, 0.29) is 11.9 Å². The van der Waals surface area contributed by atoms with Crippen molar-refractivity contribution in [1.29, 1.82) is 0 Å². The molecule has 0 aromatic heterocycles. The number of carbonyl (C=O) groups is 1. The standard InChI is InChI=1S/C15H24N2O2/c1-12(2)17-15(18)7-8-16-9-10-19-14-6-4-5-13(3)11-14/h4-6,11-12,16H,7-10H2,1-3H3,(H,17,18). The summed E-state index contributed by atoms with van der Waals surface area (Å²) in [5.41, 5.74) is 1.19. The molecule has 1 amide bonds. The first-order chi connectivity index (χ1) is 9.08. The number of ether oxygens (including phenoxy) is 1. The average molecular weight is 264 g/mol. The molecule has 1 rings (SSSR count). The van der Waals surface area contributed by atoms with Crippen LogP contribution in [0.3, 0.4) is 0 Å². The number of hydrogen-bond donors (Lipinski definition) is 2. The molecule has 0 heterocycles. The van der Waals surface area contributed by atoms with E-state index in [9.17, 15) is 4.79 Å². The molecular formula is C15H24N2O2. The summed E-state index contributed by atoms with van der Waals surface area (Å²) in [6.45, 7) is 7.98. The van der Waals surface area contributed by atoms with Crippen molar-refractivity contribution < 1.29 is 9.53 Å². The van der Waals surface area contributed by atoms with Crippen LogP contribution in [0, 0.1) is 6.92 Å². The van der Waals surface area contributed by atoms with Gasteiger partial charge in [-0.15, -0.1) is 0 Å². The lowest BCUT2D eigenvalue weighted by Gasteiger charge is -2.09. The van der Waals surface area contributed by atoms with Crippen molar-refractivity contribution in [2.24, 2.45) is 0 Å². The number of benzene rings is 1. The number of amides is 1. The van der Waals surface area contributed by atoms with E-state index in [0.717, 1.165) is 12.3 Å². The first-order valence-corrected chi connectivity index (χ1v) is 6.77. The summed E-state index contributed by atoms with van der Waals surface area (Å²) in [5, 5.41) is 6.04. The summed E-state index contributed by atoms with van der Waals surface area (Å²) >= 11 is 0. The van der Waals surface area contributed by atoms with Crippen LogP contribution in [0.2, 0.25) is 0 Å². The summed E-state index contributed by atoms with van der Waals surface area (Å²) in [6, 6.07) is 8.18. The van der Waals surface area contributed by atoms with Gasteiger partial charge in [0.25, 0.3) is 0 Å². The number of aryl methyl sites for hydroxylation is 1. The summed E-state index contributed by atoms with van der Waals surface area (Å²) in [4.78, 5) is 11.4. The summed E-state index contributed by atoms with van der Waals surface area (Å²) < 4.78 is 5.60. The van der Waals surface area contributed by atoms with E-state index >= 15 is 0 Å². The van der Waals surface area contributed by atoms with Crippen molar-refractivity contribution in [1.82, 2.24) is 10.6 Å². The monoisotopic (exact) mass is 264 g/mol. The second kappa shape index (κ2) is 8.53. The maximum absolute atomic E-state index is 11.4. The Morgan fingerprint density at radius 3 is 2.79 bits per heavy atom. The van der Waals surface area contributed by atoms with Crippen LogP contribution >= 0.6 is 0 Å². The highest BCUT2D eigenvalue weighted by Gasteiger charge is 2.01. The zero-order valence-corrected chi connectivity index (χ0v) is 12.0. The van der Waals surface area contributed by atoms with E-state index in [1.165, 1.54) is 5.56 Å². The molecule has 2 N–H and O–H groups in total. The lowest BCUT2D eigenvalue weighted by atomic mass is 10.2. The van der Waals surface area contributed by atoms with Gasteiger partial charge < -0.3 is 15.4 Å². The van der Waals surface area contributed by atoms with E-state index in [2.05, 4.69) is 10.6 Å². The number of nitrogens with one attached hydrogen (secondary N) is 2. The van der Waals surface area contributed by atoms with Crippen LogP contribution in [0.25, 0.3) is 0 Å². The predicted octanol–water partition coefficient (Wildman–Crippen LogP) is 1.88. The zero-order chi connectivity index (χ0) is 14.1. The minimum Gasteiger partial charge on any atom is -0.492 e. The SMILES string of the molecule is Cc1cccc(OCCNCCC(=O)NC(C)C)c1. The molecule has 0 aliphatic heterocycles. The molecule has 0 saturated carbocycles. The lowest BCUT2D eigenvalue weighted by Crippen LogP contribution is -2.33. The van der Waals surface area contributed by atoms with Crippen molar-refractivity contribution in [3.8, 4) is 5.75 Å². The Hall–Kier alpha value is -1.55. The molecule has 0 fully saturated rings. The van der Waals surface area contributed by atoms with E-state index in [1.807, 2.05) is 45.0 Å². The highest BCUT2D eigenvalue weighted by molar-refractivity contribution is 5.76. The Balaban J connectivity index is 2.04. The molecule has 4 heteroatoms. The van der Waals surface area contributed by atoms with Gasteiger partial charge >= 0.3 is 0 Å². The van der Waals surface area contributed by atoms with Crippen molar-refractivity contribution in [3.05, 3.63) is 29.8 Å². The van der Waals surface area contributed by atoms with Crippen molar-refractivity contribution in [3.63, 3.8) is 0 Å². The maximum atomic E-state index is 11.4. The maximum Gasteiger partial charge on any atom is 0.221 e. The van der Waals surface area contributed by atoms with E-state index < -0.39 is 0 Å². The molecule has 0 aliphatic carbocycles. The molecule has 0 saturated heterocycles. The molecule has 0 spiro atoms. The first kappa shape index (κ1) is 15.5. The van der Waals surface area contributed by atoms with Crippen LogP contribution in [0.4, 0.5) is 0 Å². The highest BCUT2D eigenvalue weighted by Crippen LogP contribution is 2.11.